The summed E-state index contributed by atoms with van der Waals surface area (Å²) >= 11 is 0. The molecule has 1 amide bonds. The first-order chi connectivity index (χ1) is 18.7. The fraction of sp³-hybridized carbons (Fsp3) is 0.250. The molecule has 198 valence electrons. The summed E-state index contributed by atoms with van der Waals surface area (Å²) in [5, 5.41) is 16.2. The average Bonchev–Trinajstić information content (AvgIpc) is 3.61. The van der Waals surface area contributed by atoms with Crippen LogP contribution in [0.25, 0.3) is 33.8 Å². The molecule has 0 aliphatic heterocycles. The molecule has 7 nitrogen and oxygen atoms in total. The Morgan fingerprint density at radius 2 is 1.44 bits per heavy atom. The molecule has 0 saturated carbocycles. The maximum atomic E-state index is 11.9. The van der Waals surface area contributed by atoms with Crippen LogP contribution in [0.3, 0.4) is 0 Å². The van der Waals surface area contributed by atoms with Crippen molar-refractivity contribution in [3.05, 3.63) is 102 Å². The number of aromatic nitrogens is 5. The SMILES string of the molecule is CNC(=O)CCc1cc(-c2ccc(-c3ccc(C)cc3)cc2)n(-c2ccc(-n3cc(C(C)(C)C)nn3)cc2)n1. The van der Waals surface area contributed by atoms with Crippen molar-refractivity contribution in [2.24, 2.45) is 0 Å². The first-order valence-corrected chi connectivity index (χ1v) is 13.2. The number of amides is 1. The van der Waals surface area contributed by atoms with Crippen LogP contribution in [0.1, 0.15) is 44.1 Å². The van der Waals surface area contributed by atoms with Gasteiger partial charge in [-0.15, -0.1) is 5.10 Å². The Morgan fingerprint density at radius 3 is 2.03 bits per heavy atom. The lowest BCUT2D eigenvalue weighted by Gasteiger charge is -2.13. The van der Waals surface area contributed by atoms with Gasteiger partial charge in [-0.1, -0.05) is 80.1 Å². The van der Waals surface area contributed by atoms with Crippen LogP contribution in [0, 0.1) is 6.92 Å². The molecule has 0 spiro atoms. The first kappa shape index (κ1) is 26.1. The van der Waals surface area contributed by atoms with E-state index >= 15 is 0 Å². The number of benzene rings is 3. The summed E-state index contributed by atoms with van der Waals surface area (Å²) in [7, 11) is 1.66. The lowest BCUT2D eigenvalue weighted by Crippen LogP contribution is -2.18. The molecule has 0 atom stereocenters. The summed E-state index contributed by atoms with van der Waals surface area (Å²) in [6, 6.07) is 27.3. The minimum Gasteiger partial charge on any atom is -0.359 e. The van der Waals surface area contributed by atoms with Crippen LogP contribution in [0.4, 0.5) is 0 Å². The van der Waals surface area contributed by atoms with E-state index in [-0.39, 0.29) is 11.3 Å². The van der Waals surface area contributed by atoms with Crippen molar-refractivity contribution < 1.29 is 4.79 Å². The lowest BCUT2D eigenvalue weighted by molar-refractivity contribution is -0.120. The van der Waals surface area contributed by atoms with Crippen molar-refractivity contribution in [3.8, 4) is 33.8 Å². The summed E-state index contributed by atoms with van der Waals surface area (Å²) < 4.78 is 3.75. The van der Waals surface area contributed by atoms with Crippen LogP contribution in [0.15, 0.2) is 85.1 Å². The fourth-order valence-corrected chi connectivity index (χ4v) is 4.38. The maximum absolute atomic E-state index is 11.9. The third-order valence-electron chi connectivity index (χ3n) is 6.83. The highest BCUT2D eigenvalue weighted by Gasteiger charge is 2.18. The first-order valence-electron chi connectivity index (χ1n) is 13.2. The third-order valence-corrected chi connectivity index (χ3v) is 6.83. The van der Waals surface area contributed by atoms with Crippen molar-refractivity contribution in [2.75, 3.05) is 7.05 Å². The Kier molecular flexibility index (Phi) is 7.15. The van der Waals surface area contributed by atoms with Gasteiger partial charge < -0.3 is 5.32 Å². The lowest BCUT2D eigenvalue weighted by atomic mass is 9.93. The normalized spacial score (nSPS) is 11.5. The van der Waals surface area contributed by atoms with Crippen LogP contribution in [0.2, 0.25) is 0 Å². The van der Waals surface area contributed by atoms with Crippen molar-refractivity contribution in [3.63, 3.8) is 0 Å². The molecule has 0 bridgehead atoms. The monoisotopic (exact) mass is 518 g/mol. The van der Waals surface area contributed by atoms with E-state index in [1.165, 1.54) is 11.1 Å². The zero-order valence-corrected chi connectivity index (χ0v) is 23.1. The van der Waals surface area contributed by atoms with Gasteiger partial charge in [0.15, 0.2) is 0 Å². The topological polar surface area (TPSA) is 77.6 Å². The number of nitrogens with zero attached hydrogens (tertiary/aromatic N) is 5. The molecule has 3 aromatic carbocycles. The largest absolute Gasteiger partial charge is 0.359 e. The molecule has 0 unspecified atom stereocenters. The van der Waals surface area contributed by atoms with E-state index in [4.69, 9.17) is 5.10 Å². The molecule has 5 rings (SSSR count). The van der Waals surface area contributed by atoms with E-state index in [2.05, 4.69) is 97.9 Å². The molecule has 0 aliphatic rings. The molecule has 39 heavy (non-hydrogen) atoms. The minimum absolute atomic E-state index is 0.000335. The summed E-state index contributed by atoms with van der Waals surface area (Å²) in [4.78, 5) is 11.9. The van der Waals surface area contributed by atoms with Gasteiger partial charge in [-0.05, 0) is 48.4 Å². The second-order valence-electron chi connectivity index (χ2n) is 10.9. The van der Waals surface area contributed by atoms with Crippen LogP contribution in [-0.2, 0) is 16.6 Å². The standard InChI is InChI=1S/C32H34N6O/c1-22-6-8-23(9-7-22)24-10-12-25(13-11-24)29-20-26(14-19-31(39)33-5)35-38(29)28-17-15-27(16-18-28)37-21-30(34-36-37)32(2,3)4/h6-13,15-18,20-21H,14,19H2,1-5H3,(H,33,39). The highest BCUT2D eigenvalue weighted by Crippen LogP contribution is 2.29. The number of aryl methyl sites for hydroxylation is 2. The van der Waals surface area contributed by atoms with Crippen LogP contribution < -0.4 is 5.32 Å². The zero-order chi connectivity index (χ0) is 27.6. The van der Waals surface area contributed by atoms with Gasteiger partial charge in [0, 0.05) is 30.9 Å². The number of hydrogen-bond donors (Lipinski definition) is 1. The molecule has 5 aromatic rings. The van der Waals surface area contributed by atoms with Gasteiger partial charge >= 0.3 is 0 Å². The quantitative estimate of drug-likeness (QED) is 0.284. The van der Waals surface area contributed by atoms with Gasteiger partial charge in [-0.2, -0.15) is 5.10 Å². The van der Waals surface area contributed by atoms with Crippen LogP contribution in [0.5, 0.6) is 0 Å². The maximum Gasteiger partial charge on any atom is 0.220 e. The van der Waals surface area contributed by atoms with Crippen molar-refractivity contribution in [1.29, 1.82) is 0 Å². The van der Waals surface area contributed by atoms with Crippen molar-refractivity contribution >= 4 is 5.91 Å². The molecule has 1 N–H and O–H groups in total. The van der Waals surface area contributed by atoms with Crippen LogP contribution >= 0.6 is 0 Å². The molecular weight excluding hydrogens is 484 g/mol. The van der Waals surface area contributed by atoms with Gasteiger partial charge in [-0.25, -0.2) is 9.36 Å². The van der Waals surface area contributed by atoms with E-state index in [1.807, 2.05) is 35.1 Å². The molecule has 7 heteroatoms. The summed E-state index contributed by atoms with van der Waals surface area (Å²) in [6.07, 6.45) is 2.93. The van der Waals surface area contributed by atoms with Crippen molar-refractivity contribution in [2.45, 2.75) is 46.0 Å². The van der Waals surface area contributed by atoms with E-state index in [0.717, 1.165) is 39.6 Å². The Bertz CT molecular complexity index is 1570. The van der Waals surface area contributed by atoms with E-state index < -0.39 is 0 Å². The minimum atomic E-state index is -0.0672. The van der Waals surface area contributed by atoms with Gasteiger partial charge in [0.25, 0.3) is 0 Å². The Morgan fingerprint density at radius 1 is 0.846 bits per heavy atom. The van der Waals surface area contributed by atoms with E-state index in [9.17, 15) is 4.79 Å². The predicted octanol–water partition coefficient (Wildman–Crippen LogP) is 6.07. The number of nitrogens with one attached hydrogen (secondary N) is 1. The number of rotatable bonds is 7. The van der Waals surface area contributed by atoms with Gasteiger partial charge in [-0.3, -0.25) is 4.79 Å². The Balaban J connectivity index is 1.47. The van der Waals surface area contributed by atoms with Crippen molar-refractivity contribution in [1.82, 2.24) is 30.1 Å². The summed E-state index contributed by atoms with van der Waals surface area (Å²) in [5.74, 6) is 0.000335. The van der Waals surface area contributed by atoms with Crippen LogP contribution in [-0.4, -0.2) is 37.7 Å². The van der Waals surface area contributed by atoms with E-state index in [0.29, 0.717) is 12.8 Å². The van der Waals surface area contributed by atoms with E-state index in [1.54, 1.807) is 11.7 Å². The zero-order valence-electron chi connectivity index (χ0n) is 23.1. The van der Waals surface area contributed by atoms with Gasteiger partial charge in [0.1, 0.15) is 0 Å². The summed E-state index contributed by atoms with van der Waals surface area (Å²) in [6.45, 7) is 8.47. The Hall–Kier alpha value is -4.52. The molecule has 0 fully saturated rings. The molecule has 2 heterocycles. The molecule has 0 aliphatic carbocycles. The highest BCUT2D eigenvalue weighted by atomic mass is 16.1. The fourth-order valence-electron chi connectivity index (χ4n) is 4.38. The highest BCUT2D eigenvalue weighted by molar-refractivity contribution is 5.76. The second-order valence-corrected chi connectivity index (χ2v) is 10.9. The molecule has 0 saturated heterocycles. The molecule has 2 aromatic heterocycles. The number of hydrogen-bond acceptors (Lipinski definition) is 4. The molecular formula is C32H34N6O. The van der Waals surface area contributed by atoms with Gasteiger partial charge in [0.2, 0.25) is 5.91 Å². The predicted molar refractivity (Wildman–Crippen MR) is 155 cm³/mol. The summed E-state index contributed by atoms with van der Waals surface area (Å²) in [5.41, 5.74) is 9.22. The smallest absolute Gasteiger partial charge is 0.220 e. The number of carbonyl (C=O) groups excluding carboxylic acids is 1. The van der Waals surface area contributed by atoms with Gasteiger partial charge in [0.05, 0.1) is 34.7 Å². The number of carbonyl (C=O) groups is 1. The molecule has 0 radical (unpaired) electrons. The Labute approximate surface area is 229 Å². The average molecular weight is 519 g/mol. The second kappa shape index (κ2) is 10.7. The third kappa shape index (κ3) is 5.82.